The van der Waals surface area contributed by atoms with Crippen molar-refractivity contribution in [1.29, 1.82) is 0 Å². The zero-order valence-corrected chi connectivity index (χ0v) is 17.4. The second-order valence-corrected chi connectivity index (χ2v) is 8.94. The summed E-state index contributed by atoms with van der Waals surface area (Å²) >= 11 is 0. The van der Waals surface area contributed by atoms with Crippen molar-refractivity contribution in [2.45, 2.75) is 18.7 Å². The number of nitrogens with zero attached hydrogens (tertiary/aromatic N) is 5. The van der Waals surface area contributed by atoms with Gasteiger partial charge in [-0.3, -0.25) is 4.79 Å². The van der Waals surface area contributed by atoms with Gasteiger partial charge in [-0.25, -0.2) is 18.4 Å². The Morgan fingerprint density at radius 2 is 1.75 bits per heavy atom. The molecule has 0 saturated carbocycles. The minimum absolute atomic E-state index is 0.154. The molecule has 0 bridgehead atoms. The Hall–Kier alpha value is -2.52. The van der Waals surface area contributed by atoms with E-state index in [9.17, 15) is 13.2 Å². The fraction of sp³-hybridized carbons (Fsp3) is 0.421. The zero-order chi connectivity index (χ0) is 20.5. The third-order valence-electron chi connectivity index (χ3n) is 4.71. The quantitative estimate of drug-likeness (QED) is 0.700. The van der Waals surface area contributed by atoms with Crippen LogP contribution in [0.3, 0.4) is 0 Å². The number of rotatable bonds is 5. The highest BCUT2D eigenvalue weighted by Crippen LogP contribution is 2.23. The Labute approximate surface area is 165 Å². The normalized spacial score (nSPS) is 15.5. The first-order chi connectivity index (χ1) is 13.2. The Kier molecular flexibility index (Phi) is 5.66. The number of benzene rings is 1. The predicted molar refractivity (Wildman–Crippen MR) is 109 cm³/mol. The first-order valence-electron chi connectivity index (χ1n) is 9.07. The summed E-state index contributed by atoms with van der Waals surface area (Å²) in [6.45, 7) is 5.05. The molecule has 2 aromatic rings. The van der Waals surface area contributed by atoms with Gasteiger partial charge in [0, 0.05) is 51.9 Å². The molecule has 2 heterocycles. The summed E-state index contributed by atoms with van der Waals surface area (Å²) in [7, 11) is 0.204. The number of hydrogen-bond donors (Lipinski definition) is 0. The molecule has 1 aromatic heterocycles. The molecule has 0 unspecified atom stereocenters. The molecule has 0 amide bonds. The molecular weight excluding hydrogens is 378 g/mol. The maximum atomic E-state index is 13.0. The van der Waals surface area contributed by atoms with Crippen LogP contribution in [-0.2, 0) is 10.0 Å². The van der Waals surface area contributed by atoms with Crippen molar-refractivity contribution in [3.8, 4) is 0 Å². The van der Waals surface area contributed by atoms with Gasteiger partial charge >= 0.3 is 0 Å². The third-order valence-corrected chi connectivity index (χ3v) is 6.60. The average molecular weight is 404 g/mol. The highest BCUT2D eigenvalue weighted by Gasteiger charge is 2.29. The molecule has 0 atom stereocenters. The predicted octanol–water partition coefficient (Wildman–Crippen LogP) is 1.56. The second-order valence-electron chi connectivity index (χ2n) is 7.00. The topological polar surface area (TPSA) is 86.7 Å². The summed E-state index contributed by atoms with van der Waals surface area (Å²) in [5, 5.41) is 0. The Balaban J connectivity index is 1.76. The molecule has 0 radical (unpaired) electrons. The van der Waals surface area contributed by atoms with Crippen molar-refractivity contribution in [2.24, 2.45) is 0 Å². The maximum Gasteiger partial charge on any atom is 0.243 e. The molecule has 0 spiro atoms. The van der Waals surface area contributed by atoms with Gasteiger partial charge in [-0.05, 0) is 26.0 Å². The number of aryl methyl sites for hydroxylation is 1. The molecule has 0 aliphatic carbocycles. The number of anilines is 2. The number of ketones is 1. The zero-order valence-electron chi connectivity index (χ0n) is 16.6. The number of carbonyl (C=O) groups is 1. The molecule has 150 valence electrons. The summed E-state index contributed by atoms with van der Waals surface area (Å²) in [5.74, 6) is 2.14. The van der Waals surface area contributed by atoms with E-state index in [0.29, 0.717) is 37.6 Å². The van der Waals surface area contributed by atoms with Crippen LogP contribution in [0.1, 0.15) is 23.1 Å². The fourth-order valence-corrected chi connectivity index (χ4v) is 4.58. The van der Waals surface area contributed by atoms with Crippen LogP contribution in [0.5, 0.6) is 0 Å². The first kappa shape index (κ1) is 20.2. The van der Waals surface area contributed by atoms with Gasteiger partial charge in [0.25, 0.3) is 0 Å². The second kappa shape index (κ2) is 7.84. The highest BCUT2D eigenvalue weighted by molar-refractivity contribution is 7.89. The fourth-order valence-electron chi connectivity index (χ4n) is 3.11. The third kappa shape index (κ3) is 4.15. The highest BCUT2D eigenvalue weighted by atomic mass is 32.2. The molecule has 8 nitrogen and oxygen atoms in total. The number of hydrogen-bond acceptors (Lipinski definition) is 7. The SMILES string of the molecule is CC(=O)c1cccc(S(=O)(=O)N2CCN(c3cc(N(C)C)nc(C)n3)CC2)c1. The first-order valence-corrected chi connectivity index (χ1v) is 10.5. The van der Waals surface area contributed by atoms with Gasteiger partial charge in [0.2, 0.25) is 10.0 Å². The van der Waals surface area contributed by atoms with Crippen LogP contribution in [0.25, 0.3) is 0 Å². The minimum Gasteiger partial charge on any atom is -0.363 e. The van der Waals surface area contributed by atoms with Crippen LogP contribution in [0, 0.1) is 6.92 Å². The number of carbonyl (C=O) groups excluding carboxylic acids is 1. The van der Waals surface area contributed by atoms with Gasteiger partial charge in [-0.15, -0.1) is 0 Å². The van der Waals surface area contributed by atoms with E-state index >= 15 is 0 Å². The summed E-state index contributed by atoms with van der Waals surface area (Å²) in [6, 6.07) is 8.12. The van der Waals surface area contributed by atoms with Gasteiger partial charge in [0.15, 0.2) is 5.78 Å². The van der Waals surface area contributed by atoms with Crippen molar-refractivity contribution < 1.29 is 13.2 Å². The van der Waals surface area contributed by atoms with Crippen molar-refractivity contribution in [1.82, 2.24) is 14.3 Å². The molecule has 1 aliphatic rings. The van der Waals surface area contributed by atoms with Crippen LogP contribution >= 0.6 is 0 Å². The molecular formula is C19H25N5O3S. The number of Topliss-reactive ketones (excluding diaryl/α,β-unsaturated/α-hetero) is 1. The summed E-state index contributed by atoms with van der Waals surface area (Å²) < 4.78 is 27.4. The van der Waals surface area contributed by atoms with Gasteiger partial charge in [0.05, 0.1) is 4.90 Å². The van der Waals surface area contributed by atoms with Gasteiger partial charge in [0.1, 0.15) is 17.5 Å². The smallest absolute Gasteiger partial charge is 0.243 e. The molecule has 1 aromatic carbocycles. The van der Waals surface area contributed by atoms with Crippen LogP contribution < -0.4 is 9.80 Å². The number of aromatic nitrogens is 2. The molecule has 1 saturated heterocycles. The van der Waals surface area contributed by atoms with E-state index in [1.807, 2.05) is 32.0 Å². The molecule has 3 rings (SSSR count). The van der Waals surface area contributed by atoms with Crippen molar-refractivity contribution in [3.63, 3.8) is 0 Å². The number of piperazine rings is 1. The largest absolute Gasteiger partial charge is 0.363 e. The van der Waals surface area contributed by atoms with E-state index in [2.05, 4.69) is 14.9 Å². The molecule has 0 N–H and O–H groups in total. The average Bonchev–Trinajstić information content (AvgIpc) is 2.67. The van der Waals surface area contributed by atoms with Crippen LogP contribution in [-0.4, -0.2) is 68.7 Å². The van der Waals surface area contributed by atoms with Crippen molar-refractivity contribution >= 4 is 27.4 Å². The maximum absolute atomic E-state index is 13.0. The standard InChI is InChI=1S/C19H25N5O3S/c1-14(25)16-6-5-7-17(12-16)28(26,27)24-10-8-23(9-11-24)19-13-18(22(3)4)20-15(2)21-19/h5-7,12-13H,8-11H2,1-4H3. The van der Waals surface area contributed by atoms with E-state index < -0.39 is 10.0 Å². The lowest BCUT2D eigenvalue weighted by Crippen LogP contribution is -2.49. The minimum atomic E-state index is -3.64. The van der Waals surface area contributed by atoms with E-state index in [4.69, 9.17) is 0 Å². The molecule has 1 fully saturated rings. The van der Waals surface area contributed by atoms with Crippen molar-refractivity contribution in [3.05, 3.63) is 41.7 Å². The van der Waals surface area contributed by atoms with Crippen LogP contribution in [0.2, 0.25) is 0 Å². The summed E-state index contributed by atoms with van der Waals surface area (Å²) in [5.41, 5.74) is 0.396. The summed E-state index contributed by atoms with van der Waals surface area (Å²) in [4.78, 5) is 24.6. The lowest BCUT2D eigenvalue weighted by Gasteiger charge is -2.35. The van der Waals surface area contributed by atoms with E-state index in [0.717, 1.165) is 11.6 Å². The summed E-state index contributed by atoms with van der Waals surface area (Å²) in [6.07, 6.45) is 0. The lowest BCUT2D eigenvalue weighted by molar-refractivity contribution is 0.101. The molecule has 9 heteroatoms. The molecule has 1 aliphatic heterocycles. The van der Waals surface area contributed by atoms with Gasteiger partial charge in [-0.2, -0.15) is 4.31 Å². The Morgan fingerprint density at radius 3 is 2.36 bits per heavy atom. The lowest BCUT2D eigenvalue weighted by atomic mass is 10.2. The monoisotopic (exact) mass is 403 g/mol. The van der Waals surface area contributed by atoms with E-state index in [-0.39, 0.29) is 10.7 Å². The van der Waals surface area contributed by atoms with Crippen LogP contribution in [0.4, 0.5) is 11.6 Å². The Bertz CT molecular complexity index is 983. The Morgan fingerprint density at radius 1 is 1.07 bits per heavy atom. The van der Waals surface area contributed by atoms with Gasteiger partial charge < -0.3 is 9.80 Å². The van der Waals surface area contributed by atoms with Crippen molar-refractivity contribution in [2.75, 3.05) is 50.1 Å². The molecule has 28 heavy (non-hydrogen) atoms. The van der Waals surface area contributed by atoms with Gasteiger partial charge in [-0.1, -0.05) is 12.1 Å². The van der Waals surface area contributed by atoms with E-state index in [1.54, 1.807) is 12.1 Å². The number of sulfonamides is 1. The van der Waals surface area contributed by atoms with Crippen LogP contribution in [0.15, 0.2) is 35.2 Å². The van der Waals surface area contributed by atoms with E-state index in [1.165, 1.54) is 23.4 Å².